The molecule has 0 bridgehead atoms. The van der Waals surface area contributed by atoms with E-state index >= 15 is 0 Å². The van der Waals surface area contributed by atoms with Crippen molar-refractivity contribution >= 4 is 35.3 Å². The van der Waals surface area contributed by atoms with Gasteiger partial charge in [-0.2, -0.15) is 5.48 Å². The van der Waals surface area contributed by atoms with Gasteiger partial charge in [0.15, 0.2) is 6.11 Å². The molecule has 0 radical (unpaired) electrons. The highest BCUT2D eigenvalue weighted by atomic mass is 17.3. The monoisotopic (exact) mass is 616 g/mol. The van der Waals surface area contributed by atoms with Crippen LogP contribution in [0.25, 0.3) is 0 Å². The molecule has 1 aromatic rings. The van der Waals surface area contributed by atoms with Crippen molar-refractivity contribution in [3.63, 3.8) is 0 Å². The van der Waals surface area contributed by atoms with Crippen LogP contribution in [0.3, 0.4) is 0 Å². The van der Waals surface area contributed by atoms with Crippen LogP contribution < -0.4 is 31.9 Å². The van der Waals surface area contributed by atoms with E-state index in [0.717, 1.165) is 19.2 Å². The van der Waals surface area contributed by atoms with Crippen LogP contribution in [-0.2, 0) is 33.8 Å². The van der Waals surface area contributed by atoms with Crippen LogP contribution in [0.5, 0.6) is 5.75 Å². The van der Waals surface area contributed by atoms with E-state index in [-0.39, 0.29) is 50.1 Å². The van der Waals surface area contributed by atoms with E-state index in [1.807, 2.05) is 5.92 Å². The summed E-state index contributed by atoms with van der Waals surface area (Å²) in [6.45, 7) is 0.0405. The molecule has 4 amide bonds. The maximum absolute atomic E-state index is 13.4. The summed E-state index contributed by atoms with van der Waals surface area (Å²) in [5.41, 5.74) is 7.25. The summed E-state index contributed by atoms with van der Waals surface area (Å²) in [5.74, 6) is 0.0627. The maximum Gasteiger partial charge on any atom is 0.305 e. The van der Waals surface area contributed by atoms with Crippen LogP contribution in [0.1, 0.15) is 48.9 Å². The second-order valence-electron chi connectivity index (χ2n) is 9.17. The Morgan fingerprint density at radius 3 is 2.57 bits per heavy atom. The van der Waals surface area contributed by atoms with Crippen LogP contribution in [-0.4, -0.2) is 72.9 Å². The van der Waals surface area contributed by atoms with Crippen LogP contribution in [0, 0.1) is 34.5 Å². The van der Waals surface area contributed by atoms with E-state index in [0.29, 0.717) is 12.8 Å². The molecule has 0 aromatic heterocycles. The molecule has 0 saturated carbocycles. The van der Waals surface area contributed by atoms with E-state index in [4.69, 9.17) is 16.9 Å². The number of primary amides is 1. The lowest BCUT2D eigenvalue weighted by Crippen LogP contribution is -2.56. The largest absolute Gasteiger partial charge is 0.493 e. The van der Waals surface area contributed by atoms with Crippen LogP contribution in [0.2, 0.25) is 0 Å². The predicted molar refractivity (Wildman–Crippen MR) is 149 cm³/mol. The number of benzene rings is 1. The van der Waals surface area contributed by atoms with Crippen molar-refractivity contribution in [2.75, 3.05) is 20.3 Å². The Labute approximate surface area is 251 Å². The molecule has 44 heavy (non-hydrogen) atoms. The van der Waals surface area contributed by atoms with E-state index in [2.05, 4.69) is 48.1 Å². The third-order valence-corrected chi connectivity index (χ3v) is 6.15. The van der Waals surface area contributed by atoms with Gasteiger partial charge in [0.2, 0.25) is 17.7 Å². The molecule has 0 saturated heterocycles. The molecule has 17 nitrogen and oxygen atoms in total. The molecule has 0 spiro atoms. The molecule has 6 N–H and O–H groups in total. The number of nitrogens with one attached hydrogen (secondary N) is 4. The number of hydrogen-bond donors (Lipinski definition) is 5. The van der Waals surface area contributed by atoms with E-state index in [1.165, 1.54) is 6.07 Å². The highest BCUT2D eigenvalue weighted by Gasteiger charge is 2.31. The number of nitro benzene ring substituents is 1. The summed E-state index contributed by atoms with van der Waals surface area (Å²) >= 11 is 0. The smallest absolute Gasteiger partial charge is 0.305 e. The Morgan fingerprint density at radius 2 is 1.89 bits per heavy atom. The van der Waals surface area contributed by atoms with E-state index < -0.39 is 58.3 Å². The summed E-state index contributed by atoms with van der Waals surface area (Å²) in [5, 5.41) is 18.9. The van der Waals surface area contributed by atoms with E-state index in [9.17, 15) is 34.1 Å². The van der Waals surface area contributed by atoms with Gasteiger partial charge in [-0.1, -0.05) is 4.99 Å². The van der Waals surface area contributed by atoms with Crippen molar-refractivity contribution in [3.05, 3.63) is 33.9 Å². The number of amides is 4. The molecule has 2 rings (SSSR count). The number of esters is 1. The molecule has 17 heteroatoms. The summed E-state index contributed by atoms with van der Waals surface area (Å²) < 4.78 is 10.3. The third kappa shape index (κ3) is 11.5. The maximum atomic E-state index is 13.4. The average Bonchev–Trinajstić information content (AvgIpc) is 2.99. The second-order valence-corrected chi connectivity index (χ2v) is 9.17. The predicted octanol–water partition coefficient (Wildman–Crippen LogP) is -0.899. The van der Waals surface area contributed by atoms with Gasteiger partial charge in [0, 0.05) is 37.4 Å². The fraction of sp³-hybridized carbons (Fsp3) is 0.444. The lowest BCUT2D eigenvalue weighted by atomic mass is 10.0. The standard InChI is InChI=1S/C27H32N6O11/c1-3-4-14-43-44-29-13-6-5-7-20-26(37)30-19(24(28)35)12-15-42-22-10-8-17(33(39)40)16-18(22)25(36)31-21(27(38)32-20)9-11-23(34)41-2/h1,8,10,16,19-21,29H,5-7,9,11-13,15H2,2H3,(H2,28,35)(H,30,37)(H,31,36)(H,32,38)/t19?,20-,21+/m1/s1. The van der Waals surface area contributed by atoms with Crippen LogP contribution >= 0.6 is 0 Å². The van der Waals surface area contributed by atoms with Crippen LogP contribution in [0.4, 0.5) is 5.69 Å². The van der Waals surface area contributed by atoms with Gasteiger partial charge in [-0.05, 0) is 37.7 Å². The molecule has 1 unspecified atom stereocenters. The topological polar surface area (TPSA) is 240 Å². The van der Waals surface area contributed by atoms with Gasteiger partial charge in [-0.25, -0.2) is 0 Å². The van der Waals surface area contributed by atoms with Gasteiger partial charge in [-0.15, -0.1) is 6.42 Å². The van der Waals surface area contributed by atoms with Crippen molar-refractivity contribution < 1.29 is 48.2 Å². The number of rotatable bonds is 12. The van der Waals surface area contributed by atoms with Gasteiger partial charge in [0.1, 0.15) is 23.9 Å². The number of hydrogen-bond acceptors (Lipinski definition) is 12. The number of hydroxylamine groups is 1. The number of nitro groups is 1. The first kappa shape index (κ1) is 34.8. The Kier molecular flexibility index (Phi) is 14.4. The third-order valence-electron chi connectivity index (χ3n) is 6.15. The minimum absolute atomic E-state index is 0.0751. The Bertz CT molecular complexity index is 1330. The van der Waals surface area contributed by atoms with Crippen molar-refractivity contribution in [1.29, 1.82) is 0 Å². The zero-order chi connectivity index (χ0) is 32.5. The number of ether oxygens (including phenoxy) is 2. The lowest BCUT2D eigenvalue weighted by molar-refractivity contribution is -0.384. The molecule has 1 heterocycles. The first-order valence-corrected chi connectivity index (χ1v) is 13.3. The zero-order valence-electron chi connectivity index (χ0n) is 23.7. The number of nitrogens with zero attached hydrogens (tertiary/aromatic N) is 1. The number of non-ortho nitro benzene ring substituents is 1. The van der Waals surface area contributed by atoms with Gasteiger partial charge in [0.25, 0.3) is 11.6 Å². The fourth-order valence-electron chi connectivity index (χ4n) is 3.88. The highest BCUT2D eigenvalue weighted by molar-refractivity contribution is 6.01. The van der Waals surface area contributed by atoms with Crippen LogP contribution in [0.15, 0.2) is 18.2 Å². The molecule has 0 aliphatic carbocycles. The molecule has 1 aliphatic rings. The molecular weight excluding hydrogens is 584 g/mol. The van der Waals surface area contributed by atoms with Gasteiger partial charge >= 0.3 is 5.97 Å². The first-order valence-electron chi connectivity index (χ1n) is 13.3. The van der Waals surface area contributed by atoms with Crippen molar-refractivity contribution in [3.8, 4) is 30.1 Å². The van der Waals surface area contributed by atoms with Gasteiger partial charge < -0.3 is 31.2 Å². The number of nitrogens with two attached hydrogens (primary N) is 1. The summed E-state index contributed by atoms with van der Waals surface area (Å²) in [4.78, 5) is 83.5. The van der Waals surface area contributed by atoms with Crippen molar-refractivity contribution in [2.45, 2.75) is 56.7 Å². The normalized spacial score (nSPS) is 18.6. The fourth-order valence-corrected chi connectivity index (χ4v) is 3.88. The average molecular weight is 617 g/mol. The summed E-state index contributed by atoms with van der Waals surface area (Å²) in [6.07, 6.45) is 7.24. The SMILES string of the molecule is C#CC#COONCCCC[C@H]1NC(=O)[C@H](CCC(=O)OC)NC(=O)c2cc([N+](=O)[O-])ccc2OCCC(C(N)=O)NC1=O. The molecule has 3 atom stereocenters. The zero-order valence-corrected chi connectivity index (χ0v) is 23.7. The summed E-state index contributed by atoms with van der Waals surface area (Å²) in [7, 11) is 1.15. The highest BCUT2D eigenvalue weighted by Crippen LogP contribution is 2.25. The van der Waals surface area contributed by atoms with Crippen molar-refractivity contribution in [2.24, 2.45) is 5.73 Å². The Morgan fingerprint density at radius 1 is 1.16 bits per heavy atom. The lowest BCUT2D eigenvalue weighted by Gasteiger charge is -2.26. The number of methoxy groups -OCH3 is 1. The number of carbonyl (C=O) groups excluding carboxylic acids is 5. The van der Waals surface area contributed by atoms with Gasteiger partial charge in [-0.3, -0.25) is 39.0 Å². The quantitative estimate of drug-likeness (QED) is 0.0479. The minimum Gasteiger partial charge on any atom is -0.493 e. The first-order chi connectivity index (χ1) is 21.1. The number of fused-ring (bicyclic) bond motifs is 1. The summed E-state index contributed by atoms with van der Waals surface area (Å²) in [6, 6.07) is -0.532. The number of carbonyl (C=O) groups is 5. The molecular formula is C27H32N6O11. The van der Waals surface area contributed by atoms with E-state index in [1.54, 1.807) is 0 Å². The molecule has 1 aromatic carbocycles. The Hall–Kier alpha value is -5.39. The molecule has 236 valence electrons. The minimum atomic E-state index is -1.38. The van der Waals surface area contributed by atoms with Crippen molar-refractivity contribution in [1.82, 2.24) is 21.4 Å². The Balaban J connectivity index is 2.32. The molecule has 1 aliphatic heterocycles. The van der Waals surface area contributed by atoms with Gasteiger partial charge in [0.05, 0.1) is 24.2 Å². The second kappa shape index (κ2) is 18.2. The number of terminal acetylenes is 1. The molecule has 0 fully saturated rings. The number of unbranched alkanes of at least 4 members (excludes halogenated alkanes) is 1.